The van der Waals surface area contributed by atoms with Gasteiger partial charge in [0.2, 0.25) is 0 Å². The van der Waals surface area contributed by atoms with Gasteiger partial charge in [-0.05, 0) is 41.3 Å². The van der Waals surface area contributed by atoms with Crippen molar-refractivity contribution >= 4 is 27.7 Å². The van der Waals surface area contributed by atoms with Crippen molar-refractivity contribution in [3.05, 3.63) is 58.7 Å². The van der Waals surface area contributed by atoms with Gasteiger partial charge in [0.1, 0.15) is 5.60 Å². The molecule has 0 fully saturated rings. The monoisotopic (exact) mass is 438 g/mol. The van der Waals surface area contributed by atoms with E-state index in [1.54, 1.807) is 0 Å². The largest absolute Gasteiger partial charge is 0.469 e. The van der Waals surface area contributed by atoms with Gasteiger partial charge in [-0.3, -0.25) is 9.59 Å². The maximum atomic E-state index is 12.3. The third kappa shape index (κ3) is 7.79. The van der Waals surface area contributed by atoms with Gasteiger partial charge >= 0.3 is 5.97 Å². The first-order valence-corrected chi connectivity index (χ1v) is 9.72. The van der Waals surface area contributed by atoms with Gasteiger partial charge in [0.25, 0.3) is 0 Å². The molecule has 148 valence electrons. The molecule has 0 heterocycles. The smallest absolute Gasteiger partial charge is 0.305 e. The fraction of sp³-hybridized carbons (Fsp3) is 0.429. The van der Waals surface area contributed by atoms with E-state index in [4.69, 9.17) is 0 Å². The van der Waals surface area contributed by atoms with Crippen LogP contribution in [0.5, 0.6) is 0 Å². The average molecular weight is 439 g/mol. The first-order chi connectivity index (χ1) is 12.8. The second-order valence-corrected chi connectivity index (χ2v) is 7.04. The van der Waals surface area contributed by atoms with Crippen LogP contribution in [0.3, 0.4) is 0 Å². The number of hydrogen-bond acceptors (Lipinski definition) is 5. The molecule has 0 aromatic rings. The molecular formula is C21H27BrO5. The Balaban J connectivity index is 2.75. The Bertz CT molecular complexity index is 672. The summed E-state index contributed by atoms with van der Waals surface area (Å²) in [6.07, 6.45) is 15.4. The standard InChI is InChI=1S/C21H27BrO5/c1-3-4-5-6-7-8-14-21(26)15-18(22)20(25)17(21)11-9-10-16(23)12-13-19(24)27-2/h4-5,7-11,15-16,23,26H,3,6,12-14H2,1-2H3/b5-4-,8-7-,10-9+,17-11+/t16-,21+/m0/s1. The van der Waals surface area contributed by atoms with Crippen LogP contribution in [0.2, 0.25) is 0 Å². The van der Waals surface area contributed by atoms with Crippen LogP contribution in [-0.4, -0.2) is 40.8 Å². The lowest BCUT2D eigenvalue weighted by Crippen LogP contribution is -2.27. The minimum Gasteiger partial charge on any atom is -0.469 e. The van der Waals surface area contributed by atoms with Crippen LogP contribution in [0.1, 0.15) is 39.0 Å². The fourth-order valence-electron chi connectivity index (χ4n) is 2.51. The maximum Gasteiger partial charge on any atom is 0.305 e. The lowest BCUT2D eigenvalue weighted by Gasteiger charge is -2.20. The third-order valence-electron chi connectivity index (χ3n) is 4.03. The zero-order valence-electron chi connectivity index (χ0n) is 15.7. The number of carbonyl (C=O) groups is 2. The molecule has 0 aromatic carbocycles. The molecule has 1 rings (SSSR count). The predicted molar refractivity (Wildman–Crippen MR) is 109 cm³/mol. The first-order valence-electron chi connectivity index (χ1n) is 8.93. The highest BCUT2D eigenvalue weighted by molar-refractivity contribution is 9.12. The van der Waals surface area contributed by atoms with Crippen molar-refractivity contribution in [3.8, 4) is 0 Å². The SMILES string of the molecule is CC/C=C\C/C=C\C[C@@]1(O)C=C(Br)C(=O)/C1=C\C=C\[C@H](O)CCC(=O)OC. The van der Waals surface area contributed by atoms with Crippen LogP contribution in [0.4, 0.5) is 0 Å². The molecule has 6 heteroatoms. The Morgan fingerprint density at radius 1 is 1.33 bits per heavy atom. The van der Waals surface area contributed by atoms with Gasteiger partial charge < -0.3 is 14.9 Å². The first kappa shape index (κ1) is 23.3. The number of allylic oxidation sites excluding steroid dienone is 6. The number of methoxy groups -OCH3 is 1. The van der Waals surface area contributed by atoms with Gasteiger partial charge in [-0.15, -0.1) is 0 Å². The summed E-state index contributed by atoms with van der Waals surface area (Å²) in [6, 6.07) is 0. The quantitative estimate of drug-likeness (QED) is 0.308. The number of Topliss-reactive ketones (excluding diaryl/α,β-unsaturated/α-hetero) is 1. The summed E-state index contributed by atoms with van der Waals surface area (Å²) in [5.74, 6) is -0.680. The topological polar surface area (TPSA) is 83.8 Å². The van der Waals surface area contributed by atoms with Gasteiger partial charge in [0.15, 0.2) is 5.78 Å². The number of aliphatic hydroxyl groups is 2. The van der Waals surface area contributed by atoms with Crippen molar-refractivity contribution in [2.45, 2.75) is 50.7 Å². The average Bonchev–Trinajstić information content (AvgIpc) is 2.85. The molecule has 0 saturated carbocycles. The number of hydrogen-bond donors (Lipinski definition) is 2. The van der Waals surface area contributed by atoms with Crippen molar-refractivity contribution in [3.63, 3.8) is 0 Å². The van der Waals surface area contributed by atoms with E-state index < -0.39 is 17.7 Å². The second-order valence-electron chi connectivity index (χ2n) is 6.18. The number of esters is 1. The summed E-state index contributed by atoms with van der Waals surface area (Å²) < 4.78 is 4.84. The van der Waals surface area contributed by atoms with Crippen LogP contribution in [0.15, 0.2) is 58.7 Å². The number of ether oxygens (including phenoxy) is 1. The Labute approximate surface area is 168 Å². The summed E-state index contributed by atoms with van der Waals surface area (Å²) in [5, 5.41) is 20.7. The normalized spacial score (nSPS) is 23.1. The summed E-state index contributed by atoms with van der Waals surface area (Å²) >= 11 is 3.18. The Morgan fingerprint density at radius 2 is 2.04 bits per heavy atom. The lowest BCUT2D eigenvalue weighted by atomic mass is 9.92. The summed E-state index contributed by atoms with van der Waals surface area (Å²) in [6.45, 7) is 2.06. The molecule has 5 nitrogen and oxygen atoms in total. The summed E-state index contributed by atoms with van der Waals surface area (Å²) in [7, 11) is 1.29. The zero-order chi connectivity index (χ0) is 20.3. The van der Waals surface area contributed by atoms with E-state index in [-0.39, 0.29) is 30.6 Å². The molecule has 2 atom stereocenters. The number of carbonyl (C=O) groups excluding carboxylic acids is 2. The molecule has 2 N–H and O–H groups in total. The van der Waals surface area contributed by atoms with E-state index in [0.29, 0.717) is 4.48 Å². The molecule has 0 saturated heterocycles. The molecule has 0 amide bonds. The highest BCUT2D eigenvalue weighted by Crippen LogP contribution is 2.36. The van der Waals surface area contributed by atoms with E-state index in [1.165, 1.54) is 31.4 Å². The summed E-state index contributed by atoms with van der Waals surface area (Å²) in [5.41, 5.74) is -1.15. The molecule has 0 aliphatic heterocycles. The maximum absolute atomic E-state index is 12.3. The lowest BCUT2D eigenvalue weighted by molar-refractivity contribution is -0.141. The minimum atomic E-state index is -1.39. The van der Waals surface area contributed by atoms with Crippen LogP contribution in [-0.2, 0) is 14.3 Å². The van der Waals surface area contributed by atoms with Gasteiger partial charge in [-0.2, -0.15) is 0 Å². The minimum absolute atomic E-state index is 0.103. The molecule has 0 bridgehead atoms. The number of halogens is 1. The molecule has 0 radical (unpaired) electrons. The van der Waals surface area contributed by atoms with Gasteiger partial charge in [-0.1, -0.05) is 49.5 Å². The fourth-order valence-corrected chi connectivity index (χ4v) is 3.10. The van der Waals surface area contributed by atoms with Gasteiger partial charge in [0.05, 0.1) is 17.7 Å². The Morgan fingerprint density at radius 3 is 2.70 bits per heavy atom. The molecule has 0 spiro atoms. The van der Waals surface area contributed by atoms with Crippen LogP contribution in [0, 0.1) is 0 Å². The van der Waals surface area contributed by atoms with Gasteiger partial charge in [-0.25, -0.2) is 0 Å². The predicted octanol–water partition coefficient (Wildman–Crippen LogP) is 3.68. The van der Waals surface area contributed by atoms with Crippen LogP contribution >= 0.6 is 15.9 Å². The van der Waals surface area contributed by atoms with Crippen molar-refractivity contribution in [1.29, 1.82) is 0 Å². The Kier molecular flexibility index (Phi) is 10.2. The number of rotatable bonds is 10. The molecule has 0 unspecified atom stereocenters. The van der Waals surface area contributed by atoms with Crippen molar-refractivity contribution in [1.82, 2.24) is 0 Å². The van der Waals surface area contributed by atoms with Crippen molar-refractivity contribution < 1.29 is 24.5 Å². The van der Waals surface area contributed by atoms with E-state index in [1.807, 2.05) is 18.2 Å². The highest BCUT2D eigenvalue weighted by Gasteiger charge is 2.39. The molecular weight excluding hydrogens is 412 g/mol. The van der Waals surface area contributed by atoms with E-state index in [2.05, 4.69) is 33.7 Å². The van der Waals surface area contributed by atoms with Crippen LogP contribution in [0.25, 0.3) is 0 Å². The van der Waals surface area contributed by atoms with Crippen molar-refractivity contribution in [2.75, 3.05) is 7.11 Å². The molecule has 0 aromatic heterocycles. The molecule has 1 aliphatic carbocycles. The van der Waals surface area contributed by atoms with Gasteiger partial charge in [0, 0.05) is 18.4 Å². The molecule has 1 aliphatic rings. The van der Waals surface area contributed by atoms with E-state index in [0.717, 1.165) is 12.8 Å². The van der Waals surface area contributed by atoms with Crippen molar-refractivity contribution in [2.24, 2.45) is 0 Å². The number of aliphatic hydroxyl groups excluding tert-OH is 1. The summed E-state index contributed by atoms with van der Waals surface area (Å²) in [4.78, 5) is 23.4. The van der Waals surface area contributed by atoms with E-state index in [9.17, 15) is 19.8 Å². The molecule has 27 heavy (non-hydrogen) atoms. The second kappa shape index (κ2) is 11.8. The van der Waals surface area contributed by atoms with Crippen LogP contribution < -0.4 is 0 Å². The highest BCUT2D eigenvalue weighted by atomic mass is 79.9. The third-order valence-corrected chi connectivity index (χ3v) is 4.62. The zero-order valence-corrected chi connectivity index (χ0v) is 17.3. The number of ketones is 1. The van der Waals surface area contributed by atoms with E-state index >= 15 is 0 Å². The Hall–Kier alpha value is -1.76.